The van der Waals surface area contributed by atoms with Crippen LogP contribution in [0, 0.1) is 5.82 Å². The Labute approximate surface area is 133 Å². The van der Waals surface area contributed by atoms with Crippen LogP contribution in [0.4, 0.5) is 10.1 Å². The molecular formula is C17H17FN2O3. The third kappa shape index (κ3) is 3.26. The normalized spacial score (nSPS) is 13.3. The van der Waals surface area contributed by atoms with E-state index in [1.54, 1.807) is 18.3 Å². The minimum absolute atomic E-state index is 0.215. The topological polar surface area (TPSA) is 60.5 Å². The number of nitrogens with one attached hydrogen (secondary N) is 1. The minimum atomic E-state index is -0.507. The number of hydrogen-bond acceptors (Lipinski definition) is 5. The van der Waals surface area contributed by atoms with E-state index in [2.05, 4.69) is 10.3 Å². The van der Waals surface area contributed by atoms with Crippen molar-refractivity contribution in [3.8, 4) is 5.75 Å². The summed E-state index contributed by atoms with van der Waals surface area (Å²) in [6.07, 6.45) is 2.98. The number of benzene rings is 1. The number of pyridine rings is 1. The lowest BCUT2D eigenvalue weighted by molar-refractivity contribution is 0.0595. The molecule has 0 bridgehead atoms. The molecular weight excluding hydrogens is 299 g/mol. The van der Waals surface area contributed by atoms with E-state index >= 15 is 0 Å². The van der Waals surface area contributed by atoms with Gasteiger partial charge in [0.2, 0.25) is 0 Å². The van der Waals surface area contributed by atoms with Crippen molar-refractivity contribution in [2.75, 3.05) is 25.6 Å². The Morgan fingerprint density at radius 2 is 2.17 bits per heavy atom. The SMILES string of the molecule is COC(=O)c1ncc(Cc2ccc(F)cc2)c2c1NCCCO2. The number of hydrogen-bond donors (Lipinski definition) is 1. The molecule has 2 heterocycles. The van der Waals surface area contributed by atoms with Gasteiger partial charge in [-0.25, -0.2) is 14.2 Å². The molecule has 1 aromatic heterocycles. The van der Waals surface area contributed by atoms with Crippen molar-refractivity contribution in [2.24, 2.45) is 0 Å². The van der Waals surface area contributed by atoms with Crippen molar-refractivity contribution >= 4 is 11.7 Å². The molecule has 1 aromatic carbocycles. The van der Waals surface area contributed by atoms with Crippen LogP contribution in [0.15, 0.2) is 30.5 Å². The van der Waals surface area contributed by atoms with Gasteiger partial charge in [-0.1, -0.05) is 12.1 Å². The van der Waals surface area contributed by atoms with Crippen LogP contribution in [0.3, 0.4) is 0 Å². The monoisotopic (exact) mass is 316 g/mol. The number of nitrogens with zero attached hydrogens (tertiary/aromatic N) is 1. The van der Waals surface area contributed by atoms with Gasteiger partial charge in [0.05, 0.1) is 13.7 Å². The number of esters is 1. The van der Waals surface area contributed by atoms with Crippen molar-refractivity contribution in [3.05, 3.63) is 53.1 Å². The van der Waals surface area contributed by atoms with Crippen LogP contribution in [-0.4, -0.2) is 31.2 Å². The molecule has 0 saturated carbocycles. The van der Waals surface area contributed by atoms with Gasteiger partial charge in [0.15, 0.2) is 5.69 Å². The Morgan fingerprint density at radius 3 is 2.91 bits per heavy atom. The van der Waals surface area contributed by atoms with E-state index in [0.717, 1.165) is 17.5 Å². The van der Waals surface area contributed by atoms with Crippen LogP contribution in [0.5, 0.6) is 5.75 Å². The highest BCUT2D eigenvalue weighted by atomic mass is 19.1. The molecule has 0 amide bonds. The Morgan fingerprint density at radius 1 is 1.39 bits per heavy atom. The number of aromatic nitrogens is 1. The standard InChI is InChI=1S/C17H17FN2O3/c1-22-17(21)15-14-16(23-8-2-7-19-14)12(10-20-15)9-11-3-5-13(18)6-4-11/h3-6,10,19H,2,7-9H2,1H3. The summed E-state index contributed by atoms with van der Waals surface area (Å²) in [7, 11) is 1.32. The maximum Gasteiger partial charge on any atom is 0.358 e. The molecule has 0 spiro atoms. The zero-order valence-corrected chi connectivity index (χ0v) is 12.8. The number of rotatable bonds is 3. The first-order valence-electron chi connectivity index (χ1n) is 7.40. The van der Waals surface area contributed by atoms with Crippen LogP contribution in [0.2, 0.25) is 0 Å². The average Bonchev–Trinajstić information content (AvgIpc) is 2.83. The largest absolute Gasteiger partial charge is 0.491 e. The van der Waals surface area contributed by atoms with Crippen molar-refractivity contribution in [2.45, 2.75) is 12.8 Å². The van der Waals surface area contributed by atoms with Crippen molar-refractivity contribution in [1.82, 2.24) is 4.98 Å². The summed E-state index contributed by atoms with van der Waals surface area (Å²) < 4.78 is 23.6. The molecule has 6 heteroatoms. The van der Waals surface area contributed by atoms with Crippen molar-refractivity contribution in [1.29, 1.82) is 0 Å². The lowest BCUT2D eigenvalue weighted by Gasteiger charge is -2.15. The number of halogens is 1. The second kappa shape index (κ2) is 6.64. The van der Waals surface area contributed by atoms with Crippen LogP contribution in [-0.2, 0) is 11.2 Å². The Hall–Kier alpha value is -2.63. The van der Waals surface area contributed by atoms with E-state index in [0.29, 0.717) is 31.0 Å². The third-order valence-electron chi connectivity index (χ3n) is 3.66. The number of methoxy groups -OCH3 is 1. The molecule has 3 rings (SSSR count). The molecule has 1 N–H and O–H groups in total. The summed E-state index contributed by atoms with van der Waals surface area (Å²) in [5.74, 6) is -0.167. The maximum atomic E-state index is 13.0. The van der Waals surface area contributed by atoms with Gasteiger partial charge in [-0.15, -0.1) is 0 Å². The van der Waals surface area contributed by atoms with Crippen LogP contribution in [0.25, 0.3) is 0 Å². The fraction of sp³-hybridized carbons (Fsp3) is 0.294. The number of fused-ring (bicyclic) bond motifs is 1. The molecule has 2 aromatic rings. The quantitative estimate of drug-likeness (QED) is 0.882. The predicted octanol–water partition coefficient (Wildman–Crippen LogP) is 2.79. The van der Waals surface area contributed by atoms with E-state index < -0.39 is 5.97 Å². The first-order chi connectivity index (χ1) is 11.2. The number of carbonyl (C=O) groups is 1. The van der Waals surface area contributed by atoms with Gasteiger partial charge >= 0.3 is 5.97 Å². The number of anilines is 1. The van der Waals surface area contributed by atoms with Crippen LogP contribution < -0.4 is 10.1 Å². The Balaban J connectivity index is 2.00. The van der Waals surface area contributed by atoms with E-state index in [4.69, 9.17) is 9.47 Å². The predicted molar refractivity (Wildman–Crippen MR) is 83.4 cm³/mol. The molecule has 0 atom stereocenters. The van der Waals surface area contributed by atoms with Gasteiger partial charge in [-0.2, -0.15) is 0 Å². The first kappa shape index (κ1) is 15.3. The molecule has 0 radical (unpaired) electrons. The summed E-state index contributed by atoms with van der Waals surface area (Å²) in [6.45, 7) is 1.25. The number of carbonyl (C=O) groups excluding carboxylic acids is 1. The smallest absolute Gasteiger partial charge is 0.358 e. The lowest BCUT2D eigenvalue weighted by atomic mass is 10.0. The molecule has 0 fully saturated rings. The Bertz CT molecular complexity index is 717. The highest BCUT2D eigenvalue weighted by Gasteiger charge is 2.23. The molecule has 23 heavy (non-hydrogen) atoms. The van der Waals surface area contributed by atoms with Gasteiger partial charge in [0, 0.05) is 24.7 Å². The maximum absolute atomic E-state index is 13.0. The first-order valence-corrected chi connectivity index (χ1v) is 7.40. The molecule has 0 saturated heterocycles. The molecule has 5 nitrogen and oxygen atoms in total. The van der Waals surface area contributed by atoms with Gasteiger partial charge < -0.3 is 14.8 Å². The summed E-state index contributed by atoms with van der Waals surface area (Å²) >= 11 is 0. The average molecular weight is 316 g/mol. The van der Waals surface area contributed by atoms with Crippen LogP contribution in [0.1, 0.15) is 28.0 Å². The highest BCUT2D eigenvalue weighted by molar-refractivity contribution is 5.95. The summed E-state index contributed by atoms with van der Waals surface area (Å²) in [4.78, 5) is 16.1. The highest BCUT2D eigenvalue weighted by Crippen LogP contribution is 2.34. The summed E-state index contributed by atoms with van der Waals surface area (Å²) in [5.41, 5.74) is 2.56. The number of ether oxygens (including phenoxy) is 2. The Kier molecular flexibility index (Phi) is 4.41. The molecule has 1 aliphatic heterocycles. The molecule has 120 valence electrons. The van der Waals surface area contributed by atoms with Crippen LogP contribution >= 0.6 is 0 Å². The van der Waals surface area contributed by atoms with E-state index in [1.165, 1.54) is 19.2 Å². The molecule has 1 aliphatic rings. The zero-order valence-electron chi connectivity index (χ0n) is 12.8. The zero-order chi connectivity index (χ0) is 16.2. The third-order valence-corrected chi connectivity index (χ3v) is 3.66. The van der Waals surface area contributed by atoms with Crippen molar-refractivity contribution < 1.29 is 18.7 Å². The second-order valence-corrected chi connectivity index (χ2v) is 5.26. The second-order valence-electron chi connectivity index (χ2n) is 5.26. The van der Waals surface area contributed by atoms with Gasteiger partial charge in [-0.3, -0.25) is 0 Å². The summed E-state index contributed by atoms with van der Waals surface area (Å²) in [5, 5.41) is 3.20. The molecule has 0 unspecified atom stereocenters. The van der Waals surface area contributed by atoms with E-state index in [1.807, 2.05) is 0 Å². The van der Waals surface area contributed by atoms with Gasteiger partial charge in [-0.05, 0) is 24.1 Å². The minimum Gasteiger partial charge on any atom is -0.491 e. The fourth-order valence-corrected chi connectivity index (χ4v) is 2.52. The van der Waals surface area contributed by atoms with Gasteiger partial charge in [0.25, 0.3) is 0 Å². The van der Waals surface area contributed by atoms with Gasteiger partial charge in [0.1, 0.15) is 17.3 Å². The van der Waals surface area contributed by atoms with E-state index in [-0.39, 0.29) is 11.5 Å². The van der Waals surface area contributed by atoms with E-state index in [9.17, 15) is 9.18 Å². The lowest BCUT2D eigenvalue weighted by Crippen LogP contribution is -2.12. The molecule has 0 aliphatic carbocycles. The fourth-order valence-electron chi connectivity index (χ4n) is 2.52. The summed E-state index contributed by atoms with van der Waals surface area (Å²) in [6, 6.07) is 6.28. The van der Waals surface area contributed by atoms with Crippen molar-refractivity contribution in [3.63, 3.8) is 0 Å².